The highest BCUT2D eigenvalue weighted by atomic mass is 32.2. The van der Waals surface area contributed by atoms with Crippen LogP contribution < -0.4 is 0 Å². The van der Waals surface area contributed by atoms with Crippen LogP contribution in [0.5, 0.6) is 0 Å². The van der Waals surface area contributed by atoms with Gasteiger partial charge in [0.2, 0.25) is 0 Å². The first kappa shape index (κ1) is 17.5. The second-order valence-corrected chi connectivity index (χ2v) is 7.33. The summed E-state index contributed by atoms with van der Waals surface area (Å²) in [5.74, 6) is 0. The van der Waals surface area contributed by atoms with Gasteiger partial charge < -0.3 is 5.11 Å². The van der Waals surface area contributed by atoms with E-state index in [2.05, 4.69) is 0 Å². The minimum absolute atomic E-state index is 0.248. The number of hydrogen-bond acceptors (Lipinski definition) is 2. The fraction of sp³-hybridized carbons (Fsp3) is 0.143. The van der Waals surface area contributed by atoms with Crippen molar-refractivity contribution in [3.63, 3.8) is 0 Å². The Labute approximate surface area is 149 Å². The van der Waals surface area contributed by atoms with Gasteiger partial charge in [-0.05, 0) is 30.7 Å². The van der Waals surface area contributed by atoms with Crippen molar-refractivity contribution in [3.05, 3.63) is 95.6 Å². The first-order chi connectivity index (χ1) is 12.1. The Balaban J connectivity index is 1.95. The van der Waals surface area contributed by atoms with Crippen LogP contribution in [0, 0.1) is 6.92 Å². The van der Waals surface area contributed by atoms with Gasteiger partial charge >= 0.3 is 0 Å². The first-order valence-electron chi connectivity index (χ1n) is 8.02. The average Bonchev–Trinajstić information content (AvgIpc) is 2.67. The zero-order chi connectivity index (χ0) is 17.8. The maximum atomic E-state index is 15.0. The van der Waals surface area contributed by atoms with Crippen LogP contribution in [-0.2, 0) is 10.8 Å². The molecule has 3 aromatic rings. The topological polar surface area (TPSA) is 37.3 Å². The number of aliphatic hydroxyl groups is 1. The third-order valence-electron chi connectivity index (χ3n) is 4.07. The lowest BCUT2D eigenvalue weighted by molar-refractivity contribution is 0.0760. The van der Waals surface area contributed by atoms with Crippen molar-refractivity contribution in [2.75, 3.05) is 0 Å². The predicted octanol–water partition coefficient (Wildman–Crippen LogP) is 4.91. The average molecular weight is 354 g/mol. The van der Waals surface area contributed by atoms with Gasteiger partial charge in [0, 0.05) is 15.4 Å². The van der Waals surface area contributed by atoms with E-state index in [1.54, 1.807) is 60.7 Å². The van der Waals surface area contributed by atoms with E-state index in [0.29, 0.717) is 15.4 Å². The van der Waals surface area contributed by atoms with Crippen molar-refractivity contribution >= 4 is 10.8 Å². The fourth-order valence-electron chi connectivity index (χ4n) is 2.66. The Morgan fingerprint density at radius 3 is 2.16 bits per heavy atom. The molecule has 0 bridgehead atoms. The standard InChI is InChI=1S/C21H19FO2S/c1-15-11-13-17(14-12-15)25(24)19-10-6-5-9-18(19)20(22)21(23)16-7-3-2-4-8-16/h2-14,20-21,23H,1H3/t20-,21-,25-/m0/s1. The van der Waals surface area contributed by atoms with Crippen LogP contribution in [0.15, 0.2) is 88.7 Å². The normalized spacial score (nSPS) is 14.7. The molecular formula is C21H19FO2S. The molecule has 0 saturated heterocycles. The zero-order valence-corrected chi connectivity index (χ0v) is 14.6. The molecule has 0 unspecified atom stereocenters. The molecular weight excluding hydrogens is 335 g/mol. The van der Waals surface area contributed by atoms with Gasteiger partial charge in [0.15, 0.2) is 6.17 Å². The molecule has 4 heteroatoms. The van der Waals surface area contributed by atoms with Crippen LogP contribution in [0.25, 0.3) is 0 Å². The minimum atomic E-state index is -1.66. The maximum absolute atomic E-state index is 15.0. The van der Waals surface area contributed by atoms with Gasteiger partial charge in [-0.25, -0.2) is 8.60 Å². The van der Waals surface area contributed by atoms with Crippen LogP contribution in [0.4, 0.5) is 4.39 Å². The summed E-state index contributed by atoms with van der Waals surface area (Å²) in [5, 5.41) is 10.4. The number of aliphatic hydroxyl groups excluding tert-OH is 1. The van der Waals surface area contributed by atoms with Crippen LogP contribution >= 0.6 is 0 Å². The summed E-state index contributed by atoms with van der Waals surface area (Å²) in [4.78, 5) is 0.994. The van der Waals surface area contributed by atoms with Crippen molar-refractivity contribution in [1.82, 2.24) is 0 Å². The molecule has 2 nitrogen and oxygen atoms in total. The second kappa shape index (κ2) is 7.72. The highest BCUT2D eigenvalue weighted by Gasteiger charge is 2.26. The SMILES string of the molecule is Cc1ccc([S@](=O)c2ccccc2[C@H](F)[C@@H](O)c2ccccc2)cc1. The number of aryl methyl sites for hydroxylation is 1. The van der Waals surface area contributed by atoms with Crippen molar-refractivity contribution in [2.45, 2.75) is 29.0 Å². The number of halogens is 1. The molecule has 0 spiro atoms. The third-order valence-corrected chi connectivity index (χ3v) is 5.54. The molecule has 3 atom stereocenters. The second-order valence-electron chi connectivity index (χ2n) is 5.88. The lowest BCUT2D eigenvalue weighted by atomic mass is 9.99. The van der Waals surface area contributed by atoms with Crippen molar-refractivity contribution in [3.8, 4) is 0 Å². The van der Waals surface area contributed by atoms with Crippen LogP contribution in [0.1, 0.15) is 29.0 Å². The quantitative estimate of drug-likeness (QED) is 0.707. The smallest absolute Gasteiger partial charge is 0.156 e. The summed E-state index contributed by atoms with van der Waals surface area (Å²) >= 11 is 0. The van der Waals surface area contributed by atoms with Gasteiger partial charge in [-0.1, -0.05) is 66.2 Å². The molecule has 0 aliphatic heterocycles. The van der Waals surface area contributed by atoms with Crippen molar-refractivity contribution in [1.29, 1.82) is 0 Å². The van der Waals surface area contributed by atoms with Crippen molar-refractivity contribution < 1.29 is 13.7 Å². The zero-order valence-electron chi connectivity index (χ0n) is 13.8. The van der Waals surface area contributed by atoms with Gasteiger partial charge in [0.25, 0.3) is 0 Å². The van der Waals surface area contributed by atoms with Crippen molar-refractivity contribution in [2.24, 2.45) is 0 Å². The van der Waals surface area contributed by atoms with Gasteiger partial charge in [0.1, 0.15) is 6.10 Å². The Morgan fingerprint density at radius 2 is 1.48 bits per heavy atom. The number of alkyl halides is 1. The van der Waals surface area contributed by atoms with Crippen LogP contribution in [0.3, 0.4) is 0 Å². The predicted molar refractivity (Wildman–Crippen MR) is 97.5 cm³/mol. The molecule has 128 valence electrons. The van der Waals surface area contributed by atoms with E-state index in [1.165, 1.54) is 0 Å². The summed E-state index contributed by atoms with van der Waals surface area (Å²) in [7, 11) is -1.51. The minimum Gasteiger partial charge on any atom is -0.385 e. The number of benzene rings is 3. The van der Waals surface area contributed by atoms with E-state index in [-0.39, 0.29) is 5.56 Å². The molecule has 0 saturated carbocycles. The van der Waals surface area contributed by atoms with Gasteiger partial charge in [-0.15, -0.1) is 0 Å². The van der Waals surface area contributed by atoms with E-state index >= 15 is 4.39 Å². The Hall–Kier alpha value is -2.30. The summed E-state index contributed by atoms with van der Waals surface area (Å²) in [5.41, 5.74) is 1.81. The molecule has 3 rings (SSSR count). The molecule has 0 amide bonds. The molecule has 0 fully saturated rings. The maximum Gasteiger partial charge on any atom is 0.156 e. The molecule has 0 aliphatic carbocycles. The van der Waals surface area contributed by atoms with Crippen LogP contribution in [-0.4, -0.2) is 9.32 Å². The summed E-state index contributed by atoms with van der Waals surface area (Å²) in [6.45, 7) is 1.95. The van der Waals surface area contributed by atoms with E-state index in [4.69, 9.17) is 0 Å². The van der Waals surface area contributed by atoms with Gasteiger partial charge in [-0.2, -0.15) is 0 Å². The molecule has 1 N–H and O–H groups in total. The lowest BCUT2D eigenvalue weighted by Gasteiger charge is -2.19. The van der Waals surface area contributed by atoms with Crippen LogP contribution in [0.2, 0.25) is 0 Å². The van der Waals surface area contributed by atoms with E-state index < -0.39 is 23.1 Å². The Morgan fingerprint density at radius 1 is 0.880 bits per heavy atom. The van der Waals surface area contributed by atoms with E-state index in [9.17, 15) is 9.32 Å². The highest BCUT2D eigenvalue weighted by molar-refractivity contribution is 7.85. The molecule has 0 radical (unpaired) electrons. The number of rotatable bonds is 5. The Bertz CT molecular complexity index is 863. The van der Waals surface area contributed by atoms with Gasteiger partial charge in [-0.3, -0.25) is 0 Å². The fourth-order valence-corrected chi connectivity index (χ4v) is 3.89. The molecule has 3 aromatic carbocycles. The van der Waals surface area contributed by atoms with E-state index in [0.717, 1.165) is 5.56 Å². The first-order valence-corrected chi connectivity index (χ1v) is 9.17. The summed E-state index contributed by atoms with van der Waals surface area (Å²) < 4.78 is 27.9. The highest BCUT2D eigenvalue weighted by Crippen LogP contribution is 2.36. The molecule has 0 aliphatic rings. The monoisotopic (exact) mass is 354 g/mol. The number of hydrogen-bond donors (Lipinski definition) is 1. The largest absolute Gasteiger partial charge is 0.385 e. The lowest BCUT2D eigenvalue weighted by Crippen LogP contribution is -2.09. The summed E-state index contributed by atoms with van der Waals surface area (Å²) in [6, 6.07) is 22.6. The third kappa shape index (κ3) is 3.86. The molecule has 0 heterocycles. The summed E-state index contributed by atoms with van der Waals surface area (Å²) in [6.07, 6.45) is -2.97. The molecule has 0 aromatic heterocycles. The molecule has 25 heavy (non-hydrogen) atoms. The van der Waals surface area contributed by atoms with Gasteiger partial charge in [0.05, 0.1) is 10.8 Å². The van der Waals surface area contributed by atoms with E-state index in [1.807, 2.05) is 25.1 Å². The Kier molecular flexibility index (Phi) is 5.41.